The van der Waals surface area contributed by atoms with Crippen molar-refractivity contribution in [2.45, 2.75) is 39.2 Å². The average Bonchev–Trinajstić information content (AvgIpc) is 2.81. The van der Waals surface area contributed by atoms with Crippen LogP contribution in [0.3, 0.4) is 0 Å². The monoisotopic (exact) mass is 414 g/mol. The molecule has 5 heteroatoms. The molecular formula is C26H30N4O. The van der Waals surface area contributed by atoms with Crippen LogP contribution in [0.4, 0.5) is 0 Å². The Morgan fingerprint density at radius 1 is 1.06 bits per heavy atom. The predicted molar refractivity (Wildman–Crippen MR) is 123 cm³/mol. The molecule has 4 rings (SSSR count). The lowest BCUT2D eigenvalue weighted by Gasteiger charge is -2.41. The Morgan fingerprint density at radius 2 is 1.77 bits per heavy atom. The van der Waals surface area contributed by atoms with Gasteiger partial charge in [-0.1, -0.05) is 61.5 Å². The van der Waals surface area contributed by atoms with Gasteiger partial charge in [-0.05, 0) is 42.5 Å². The standard InChI is InChI=1S/C26H30N4O/c1-2-24-28-16-20(17-29-24)18-30-14-8-13-26(19-30,25(27)31)15-22-11-6-7-12-23(22)21-9-4-3-5-10-21/h3-7,9-12,16-17H,2,8,13-15,18-19H2,1H3,(H2,27,31). The molecule has 1 fully saturated rings. The number of rotatable bonds is 7. The fraction of sp³-hybridized carbons (Fsp3) is 0.346. The van der Waals surface area contributed by atoms with Crippen LogP contribution in [0, 0.1) is 5.41 Å². The normalized spacial score (nSPS) is 19.3. The minimum absolute atomic E-state index is 0.211. The fourth-order valence-corrected chi connectivity index (χ4v) is 4.64. The molecule has 0 spiro atoms. The second-order valence-electron chi connectivity index (χ2n) is 8.52. The summed E-state index contributed by atoms with van der Waals surface area (Å²) in [5.74, 6) is 0.643. The minimum atomic E-state index is -0.576. The van der Waals surface area contributed by atoms with Crippen LogP contribution in [-0.2, 0) is 24.2 Å². The summed E-state index contributed by atoms with van der Waals surface area (Å²) in [5.41, 5.74) is 10.0. The van der Waals surface area contributed by atoms with Crippen molar-refractivity contribution in [2.24, 2.45) is 11.1 Å². The van der Waals surface area contributed by atoms with Crippen LogP contribution < -0.4 is 5.73 Å². The number of carbonyl (C=O) groups is 1. The van der Waals surface area contributed by atoms with Crippen molar-refractivity contribution < 1.29 is 4.79 Å². The highest BCUT2D eigenvalue weighted by Gasteiger charge is 2.41. The van der Waals surface area contributed by atoms with Gasteiger partial charge in [-0.25, -0.2) is 9.97 Å². The second-order valence-corrected chi connectivity index (χ2v) is 8.52. The molecule has 1 amide bonds. The minimum Gasteiger partial charge on any atom is -0.369 e. The van der Waals surface area contributed by atoms with Crippen molar-refractivity contribution in [2.75, 3.05) is 13.1 Å². The van der Waals surface area contributed by atoms with E-state index in [-0.39, 0.29) is 5.91 Å². The number of benzene rings is 2. The fourth-order valence-electron chi connectivity index (χ4n) is 4.64. The van der Waals surface area contributed by atoms with E-state index >= 15 is 0 Å². The van der Waals surface area contributed by atoms with E-state index in [0.29, 0.717) is 13.0 Å². The van der Waals surface area contributed by atoms with E-state index < -0.39 is 5.41 Å². The van der Waals surface area contributed by atoms with Gasteiger partial charge in [0.25, 0.3) is 0 Å². The molecule has 0 aliphatic carbocycles. The number of primary amides is 1. The maximum Gasteiger partial charge on any atom is 0.225 e. The molecule has 2 N–H and O–H groups in total. The van der Waals surface area contributed by atoms with Gasteiger partial charge >= 0.3 is 0 Å². The Morgan fingerprint density at radius 3 is 2.48 bits per heavy atom. The molecule has 160 valence electrons. The lowest BCUT2D eigenvalue weighted by molar-refractivity contribution is -0.131. The Bertz CT molecular complexity index is 1020. The molecule has 1 atom stereocenters. The van der Waals surface area contributed by atoms with E-state index in [4.69, 9.17) is 5.73 Å². The van der Waals surface area contributed by atoms with Crippen LogP contribution in [0.25, 0.3) is 11.1 Å². The molecule has 1 saturated heterocycles. The first-order valence-electron chi connectivity index (χ1n) is 11.0. The molecule has 0 bridgehead atoms. The molecule has 5 nitrogen and oxygen atoms in total. The van der Waals surface area contributed by atoms with Crippen LogP contribution in [0.1, 0.15) is 36.7 Å². The molecule has 1 aliphatic rings. The zero-order valence-corrected chi connectivity index (χ0v) is 18.1. The number of nitrogens with two attached hydrogens (primary N) is 1. The highest BCUT2D eigenvalue weighted by atomic mass is 16.1. The van der Waals surface area contributed by atoms with E-state index in [1.807, 2.05) is 43.6 Å². The van der Waals surface area contributed by atoms with Crippen molar-refractivity contribution in [3.63, 3.8) is 0 Å². The number of hydrogen-bond donors (Lipinski definition) is 1. The summed E-state index contributed by atoms with van der Waals surface area (Å²) in [6, 6.07) is 18.7. The number of aromatic nitrogens is 2. The summed E-state index contributed by atoms with van der Waals surface area (Å²) in [4.78, 5) is 23.9. The van der Waals surface area contributed by atoms with Crippen LogP contribution >= 0.6 is 0 Å². The van der Waals surface area contributed by atoms with Crippen molar-refractivity contribution >= 4 is 5.91 Å². The van der Waals surface area contributed by atoms with Gasteiger partial charge in [0.15, 0.2) is 0 Å². The van der Waals surface area contributed by atoms with Gasteiger partial charge in [-0.3, -0.25) is 9.69 Å². The Hall–Kier alpha value is -3.05. The molecule has 1 aromatic heterocycles. The first kappa shape index (κ1) is 21.2. The summed E-state index contributed by atoms with van der Waals surface area (Å²) in [5, 5.41) is 0. The van der Waals surface area contributed by atoms with E-state index in [1.54, 1.807) is 0 Å². The van der Waals surface area contributed by atoms with Gasteiger partial charge in [0.05, 0.1) is 5.41 Å². The zero-order chi connectivity index (χ0) is 21.7. The first-order valence-corrected chi connectivity index (χ1v) is 11.0. The molecular weight excluding hydrogens is 384 g/mol. The van der Waals surface area contributed by atoms with Crippen LogP contribution in [0.15, 0.2) is 67.0 Å². The summed E-state index contributed by atoms with van der Waals surface area (Å²) >= 11 is 0. The Labute approximate surface area is 184 Å². The Balaban J connectivity index is 1.57. The molecule has 0 saturated carbocycles. The van der Waals surface area contributed by atoms with E-state index in [0.717, 1.165) is 43.7 Å². The van der Waals surface area contributed by atoms with Gasteiger partial charge in [0, 0.05) is 37.5 Å². The maximum atomic E-state index is 12.8. The van der Waals surface area contributed by atoms with Crippen molar-refractivity contribution in [3.8, 4) is 11.1 Å². The number of carbonyl (C=O) groups excluding carboxylic acids is 1. The molecule has 0 radical (unpaired) electrons. The number of nitrogens with zero attached hydrogens (tertiary/aromatic N) is 3. The van der Waals surface area contributed by atoms with Crippen LogP contribution in [0.5, 0.6) is 0 Å². The third-order valence-corrected chi connectivity index (χ3v) is 6.29. The molecule has 31 heavy (non-hydrogen) atoms. The van der Waals surface area contributed by atoms with Gasteiger partial charge in [-0.15, -0.1) is 0 Å². The van der Waals surface area contributed by atoms with Gasteiger partial charge in [-0.2, -0.15) is 0 Å². The van der Waals surface area contributed by atoms with Gasteiger partial charge in [0.2, 0.25) is 5.91 Å². The zero-order valence-electron chi connectivity index (χ0n) is 18.1. The topological polar surface area (TPSA) is 72.1 Å². The maximum absolute atomic E-state index is 12.8. The number of hydrogen-bond acceptors (Lipinski definition) is 4. The highest BCUT2D eigenvalue weighted by molar-refractivity contribution is 5.82. The lowest BCUT2D eigenvalue weighted by Crippen LogP contribution is -2.51. The highest BCUT2D eigenvalue weighted by Crippen LogP contribution is 2.37. The van der Waals surface area contributed by atoms with E-state index in [1.165, 1.54) is 16.7 Å². The molecule has 2 aromatic carbocycles. The van der Waals surface area contributed by atoms with Crippen molar-refractivity contribution in [3.05, 3.63) is 83.9 Å². The quantitative estimate of drug-likeness (QED) is 0.634. The van der Waals surface area contributed by atoms with E-state index in [2.05, 4.69) is 45.2 Å². The number of amides is 1. The third kappa shape index (κ3) is 4.83. The van der Waals surface area contributed by atoms with Gasteiger partial charge in [0.1, 0.15) is 5.82 Å². The van der Waals surface area contributed by atoms with Crippen LogP contribution in [0.2, 0.25) is 0 Å². The second kappa shape index (κ2) is 9.40. The summed E-state index contributed by atoms with van der Waals surface area (Å²) < 4.78 is 0. The molecule has 2 heterocycles. The van der Waals surface area contributed by atoms with Gasteiger partial charge < -0.3 is 5.73 Å². The molecule has 3 aromatic rings. The predicted octanol–water partition coefficient (Wildman–Crippen LogP) is 4.02. The number of piperidine rings is 1. The SMILES string of the molecule is CCc1ncc(CN2CCCC(Cc3ccccc3-c3ccccc3)(C(N)=O)C2)cn1. The van der Waals surface area contributed by atoms with Crippen LogP contribution in [-0.4, -0.2) is 33.9 Å². The number of aryl methyl sites for hydroxylation is 1. The number of likely N-dealkylation sites (tertiary alicyclic amines) is 1. The smallest absolute Gasteiger partial charge is 0.225 e. The molecule has 1 aliphatic heterocycles. The first-order chi connectivity index (χ1) is 15.1. The third-order valence-electron chi connectivity index (χ3n) is 6.29. The summed E-state index contributed by atoms with van der Waals surface area (Å²) in [6.45, 7) is 4.39. The largest absolute Gasteiger partial charge is 0.369 e. The summed E-state index contributed by atoms with van der Waals surface area (Å²) in [6.07, 6.45) is 7.04. The van der Waals surface area contributed by atoms with Crippen molar-refractivity contribution in [1.29, 1.82) is 0 Å². The summed E-state index contributed by atoms with van der Waals surface area (Å²) in [7, 11) is 0. The lowest BCUT2D eigenvalue weighted by atomic mass is 9.73. The average molecular weight is 415 g/mol. The van der Waals surface area contributed by atoms with Crippen molar-refractivity contribution in [1.82, 2.24) is 14.9 Å². The molecule has 1 unspecified atom stereocenters. The Kier molecular flexibility index (Phi) is 6.42. The van der Waals surface area contributed by atoms with E-state index in [9.17, 15) is 4.79 Å².